The number of aliphatic hydroxyl groups excluding tert-OH is 1. The Morgan fingerprint density at radius 3 is 2.65 bits per heavy atom. The monoisotopic (exact) mass is 328 g/mol. The van der Waals surface area contributed by atoms with Crippen molar-refractivity contribution >= 4 is 17.3 Å². The highest BCUT2D eigenvalue weighted by Gasteiger charge is 2.51. The first kappa shape index (κ1) is 15.0. The van der Waals surface area contributed by atoms with Crippen molar-refractivity contribution in [3.63, 3.8) is 0 Å². The maximum Gasteiger partial charge on any atom is 0.0593 e. The number of fused-ring (bicyclic) bond motifs is 3. The van der Waals surface area contributed by atoms with Crippen LogP contribution in [0.3, 0.4) is 0 Å². The van der Waals surface area contributed by atoms with Gasteiger partial charge in [0.25, 0.3) is 0 Å². The SMILES string of the molecule is CN1C[C@H]2[C@@H](c3ccccc31)[C@H](CO)N2Cc1ccccc1Cl. The van der Waals surface area contributed by atoms with Gasteiger partial charge in [-0.3, -0.25) is 4.90 Å². The zero-order valence-corrected chi connectivity index (χ0v) is 13.9. The van der Waals surface area contributed by atoms with Gasteiger partial charge in [0.15, 0.2) is 0 Å². The smallest absolute Gasteiger partial charge is 0.0593 e. The van der Waals surface area contributed by atoms with Crippen LogP contribution in [-0.2, 0) is 6.54 Å². The van der Waals surface area contributed by atoms with E-state index in [0.29, 0.717) is 12.0 Å². The van der Waals surface area contributed by atoms with E-state index < -0.39 is 0 Å². The number of anilines is 1. The minimum absolute atomic E-state index is 0.172. The molecule has 23 heavy (non-hydrogen) atoms. The highest BCUT2D eigenvalue weighted by Crippen LogP contribution is 2.48. The summed E-state index contributed by atoms with van der Waals surface area (Å²) in [5.74, 6) is 0.412. The van der Waals surface area contributed by atoms with Gasteiger partial charge >= 0.3 is 0 Å². The van der Waals surface area contributed by atoms with Crippen LogP contribution >= 0.6 is 11.6 Å². The molecule has 0 aromatic heterocycles. The quantitative estimate of drug-likeness (QED) is 0.937. The third-order valence-electron chi connectivity index (χ3n) is 5.35. The first-order chi connectivity index (χ1) is 11.2. The number of nitrogens with zero attached hydrogens (tertiary/aromatic N) is 2. The van der Waals surface area contributed by atoms with Crippen molar-refractivity contribution in [2.45, 2.75) is 24.5 Å². The fourth-order valence-corrected chi connectivity index (χ4v) is 4.41. The molecule has 3 nitrogen and oxygen atoms in total. The van der Waals surface area contributed by atoms with Crippen LogP contribution in [-0.4, -0.2) is 42.3 Å². The molecule has 0 saturated carbocycles. The van der Waals surface area contributed by atoms with Crippen molar-refractivity contribution in [3.05, 3.63) is 64.7 Å². The summed E-state index contributed by atoms with van der Waals surface area (Å²) in [6.07, 6.45) is 0. The first-order valence-corrected chi connectivity index (χ1v) is 8.48. The summed E-state index contributed by atoms with van der Waals surface area (Å²) >= 11 is 6.33. The van der Waals surface area contributed by atoms with Crippen LogP contribution in [0.5, 0.6) is 0 Å². The number of likely N-dealkylation sites (N-methyl/N-ethyl adjacent to an activating group) is 1. The Morgan fingerprint density at radius 2 is 1.87 bits per heavy atom. The minimum atomic E-state index is 0.172. The van der Waals surface area contributed by atoms with Crippen LogP contribution in [0.2, 0.25) is 5.02 Å². The molecule has 4 rings (SSSR count). The second-order valence-corrected chi connectivity index (χ2v) is 6.95. The lowest BCUT2D eigenvalue weighted by molar-refractivity contribution is -0.0489. The van der Waals surface area contributed by atoms with Gasteiger partial charge in [0.2, 0.25) is 0 Å². The van der Waals surface area contributed by atoms with Crippen LogP contribution in [0.15, 0.2) is 48.5 Å². The van der Waals surface area contributed by atoms with E-state index in [4.69, 9.17) is 11.6 Å². The zero-order valence-electron chi connectivity index (χ0n) is 13.2. The molecule has 0 amide bonds. The van der Waals surface area contributed by atoms with Crippen molar-refractivity contribution in [1.82, 2.24) is 4.90 Å². The minimum Gasteiger partial charge on any atom is -0.395 e. The van der Waals surface area contributed by atoms with Crippen molar-refractivity contribution in [3.8, 4) is 0 Å². The number of para-hydroxylation sites is 1. The number of benzene rings is 2. The van der Waals surface area contributed by atoms with E-state index in [0.717, 1.165) is 23.7 Å². The highest BCUT2D eigenvalue weighted by atomic mass is 35.5. The largest absolute Gasteiger partial charge is 0.395 e. The van der Waals surface area contributed by atoms with Gasteiger partial charge in [-0.25, -0.2) is 0 Å². The van der Waals surface area contributed by atoms with Gasteiger partial charge in [-0.05, 0) is 23.3 Å². The lowest BCUT2D eigenvalue weighted by atomic mass is 9.72. The molecule has 0 unspecified atom stereocenters. The summed E-state index contributed by atoms with van der Waals surface area (Å²) < 4.78 is 0. The highest BCUT2D eigenvalue weighted by molar-refractivity contribution is 6.31. The number of rotatable bonds is 3. The molecule has 2 heterocycles. The van der Waals surface area contributed by atoms with Crippen LogP contribution in [0.25, 0.3) is 0 Å². The number of likely N-dealkylation sites (tertiary alicyclic amines) is 1. The summed E-state index contributed by atoms with van der Waals surface area (Å²) in [5, 5.41) is 10.7. The molecule has 1 N–H and O–H groups in total. The summed E-state index contributed by atoms with van der Waals surface area (Å²) in [6, 6.07) is 17.2. The third-order valence-corrected chi connectivity index (χ3v) is 5.72. The molecule has 0 aliphatic carbocycles. The molecule has 2 aliphatic rings. The van der Waals surface area contributed by atoms with Crippen molar-refractivity contribution < 1.29 is 5.11 Å². The Balaban J connectivity index is 1.64. The molecule has 0 radical (unpaired) electrons. The predicted octanol–water partition coefficient (Wildman–Crippen LogP) is 3.12. The van der Waals surface area contributed by atoms with Gasteiger partial charge in [0, 0.05) is 48.8 Å². The molecule has 120 valence electrons. The van der Waals surface area contributed by atoms with E-state index in [1.165, 1.54) is 11.3 Å². The van der Waals surface area contributed by atoms with Crippen molar-refractivity contribution in [2.75, 3.05) is 25.1 Å². The number of aliphatic hydroxyl groups is 1. The molecular formula is C19H21ClN2O. The third kappa shape index (κ3) is 2.35. The number of halogens is 1. The Hall–Kier alpha value is -1.55. The van der Waals surface area contributed by atoms with Gasteiger partial charge in [0.05, 0.1) is 6.61 Å². The van der Waals surface area contributed by atoms with E-state index >= 15 is 0 Å². The lowest BCUT2D eigenvalue weighted by Gasteiger charge is -2.59. The Kier molecular flexibility index (Phi) is 3.80. The van der Waals surface area contributed by atoms with E-state index in [9.17, 15) is 5.11 Å². The molecule has 3 atom stereocenters. The summed E-state index contributed by atoms with van der Waals surface area (Å²) in [6.45, 7) is 1.97. The van der Waals surface area contributed by atoms with E-state index in [1.807, 2.05) is 18.2 Å². The molecule has 0 spiro atoms. The van der Waals surface area contributed by atoms with Crippen LogP contribution < -0.4 is 4.90 Å². The molecule has 0 bridgehead atoms. The van der Waals surface area contributed by atoms with Crippen LogP contribution in [0.4, 0.5) is 5.69 Å². The van der Waals surface area contributed by atoms with Gasteiger partial charge in [-0.15, -0.1) is 0 Å². The average Bonchev–Trinajstić information content (AvgIpc) is 2.56. The standard InChI is InChI=1S/C19H21ClN2O/c1-21-11-17-19(14-7-3-5-9-16(14)21)18(12-23)22(17)10-13-6-2-4-8-15(13)20/h2-9,17-19,23H,10-12H2,1H3/t17-,18-,19+/m0/s1. The topological polar surface area (TPSA) is 26.7 Å². The summed E-state index contributed by atoms with van der Waals surface area (Å²) in [5.41, 5.74) is 3.79. The Bertz CT molecular complexity index is 720. The van der Waals surface area contributed by atoms with E-state index in [1.54, 1.807) is 0 Å². The fourth-order valence-electron chi connectivity index (χ4n) is 4.22. The molecule has 2 aromatic rings. The lowest BCUT2D eigenvalue weighted by Crippen LogP contribution is -2.67. The van der Waals surface area contributed by atoms with Gasteiger partial charge < -0.3 is 10.0 Å². The maximum atomic E-state index is 9.95. The second-order valence-electron chi connectivity index (χ2n) is 6.55. The van der Waals surface area contributed by atoms with Gasteiger partial charge in [-0.2, -0.15) is 0 Å². The van der Waals surface area contributed by atoms with Crippen LogP contribution in [0.1, 0.15) is 17.0 Å². The number of hydrogen-bond acceptors (Lipinski definition) is 3. The van der Waals surface area contributed by atoms with Crippen LogP contribution in [0, 0.1) is 0 Å². The molecule has 2 aliphatic heterocycles. The predicted molar refractivity (Wildman–Crippen MR) is 94.1 cm³/mol. The second kappa shape index (κ2) is 5.82. The molecule has 1 fully saturated rings. The Labute approximate surface area is 142 Å². The zero-order chi connectivity index (χ0) is 16.0. The van der Waals surface area contributed by atoms with E-state index in [-0.39, 0.29) is 12.6 Å². The van der Waals surface area contributed by atoms with E-state index in [2.05, 4.69) is 47.2 Å². The van der Waals surface area contributed by atoms with Gasteiger partial charge in [0.1, 0.15) is 0 Å². The normalized spacial score (nSPS) is 26.4. The van der Waals surface area contributed by atoms with Crippen molar-refractivity contribution in [2.24, 2.45) is 0 Å². The van der Waals surface area contributed by atoms with Crippen molar-refractivity contribution in [1.29, 1.82) is 0 Å². The maximum absolute atomic E-state index is 9.95. The molecule has 4 heteroatoms. The fraction of sp³-hybridized carbons (Fsp3) is 0.368. The average molecular weight is 329 g/mol. The Morgan fingerprint density at radius 1 is 1.13 bits per heavy atom. The molecule has 1 saturated heterocycles. The summed E-state index contributed by atoms with van der Waals surface area (Å²) in [7, 11) is 2.15. The summed E-state index contributed by atoms with van der Waals surface area (Å²) in [4.78, 5) is 4.72. The molecular weight excluding hydrogens is 308 g/mol. The number of hydrogen-bond donors (Lipinski definition) is 1. The van der Waals surface area contributed by atoms with Gasteiger partial charge in [-0.1, -0.05) is 48.0 Å². The first-order valence-electron chi connectivity index (χ1n) is 8.10. The molecule has 2 aromatic carbocycles.